The first-order valence-electron chi connectivity index (χ1n) is 12.2. The van der Waals surface area contributed by atoms with E-state index in [1.54, 1.807) is 26.4 Å². The Hall–Kier alpha value is -2.76. The van der Waals surface area contributed by atoms with Crippen molar-refractivity contribution in [3.05, 3.63) is 83.7 Å². The molecule has 2 aliphatic heterocycles. The number of carbonyl (C=O) groups is 1. The van der Waals surface area contributed by atoms with Crippen LogP contribution in [0.15, 0.2) is 66.7 Å². The van der Waals surface area contributed by atoms with E-state index in [1.165, 1.54) is 5.56 Å². The summed E-state index contributed by atoms with van der Waals surface area (Å²) in [7, 11) is 3.25. The molecule has 4 nitrogen and oxygen atoms in total. The number of halogens is 1. The minimum atomic E-state index is -0.162. The molecule has 180 valence electrons. The Morgan fingerprint density at radius 1 is 0.912 bits per heavy atom. The van der Waals surface area contributed by atoms with Gasteiger partial charge in [-0.1, -0.05) is 48.5 Å². The molecule has 0 aromatic heterocycles. The number of benzene rings is 3. The molecule has 0 N–H and O–H groups in total. The van der Waals surface area contributed by atoms with Crippen LogP contribution in [0.4, 0.5) is 4.39 Å². The average Bonchev–Trinajstić information content (AvgIpc) is 3.33. The van der Waals surface area contributed by atoms with Crippen molar-refractivity contribution in [2.45, 2.75) is 25.2 Å². The van der Waals surface area contributed by atoms with Gasteiger partial charge >= 0.3 is 0 Å². The molecule has 0 bridgehead atoms. The standard InChI is InChI=1S/C27H29FN2O.C2H6O/c28-24-10-8-21(9-11-24)22-13-15-29(16-14-22)18-20-12-17-30(19-20)27(31)26-7-3-5-23-4-1-2-6-25(23)26;1-3-2/h1-11,20,22H,12-19H2;1-2H3/t20-;/m1./s1. The second-order valence-electron chi connectivity index (χ2n) is 9.47. The molecule has 0 spiro atoms. The lowest BCUT2D eigenvalue weighted by Crippen LogP contribution is -2.37. The van der Waals surface area contributed by atoms with Crippen LogP contribution in [0.25, 0.3) is 10.8 Å². The highest BCUT2D eigenvalue weighted by Gasteiger charge is 2.30. The Balaban J connectivity index is 0.000000868. The van der Waals surface area contributed by atoms with Gasteiger partial charge in [0.1, 0.15) is 5.82 Å². The fraction of sp³-hybridized carbons (Fsp3) is 0.414. The highest BCUT2D eigenvalue weighted by molar-refractivity contribution is 6.07. The van der Waals surface area contributed by atoms with Crippen molar-refractivity contribution in [3.63, 3.8) is 0 Å². The van der Waals surface area contributed by atoms with E-state index in [9.17, 15) is 9.18 Å². The molecule has 2 aliphatic rings. The highest BCUT2D eigenvalue weighted by atomic mass is 19.1. The van der Waals surface area contributed by atoms with Crippen LogP contribution >= 0.6 is 0 Å². The zero-order chi connectivity index (χ0) is 23.9. The maximum Gasteiger partial charge on any atom is 0.254 e. The third-order valence-electron chi connectivity index (χ3n) is 7.04. The molecule has 1 amide bonds. The number of carbonyl (C=O) groups excluding carboxylic acids is 1. The number of hydrogen-bond acceptors (Lipinski definition) is 3. The summed E-state index contributed by atoms with van der Waals surface area (Å²) in [6.07, 6.45) is 3.32. The number of ether oxygens (including phenoxy) is 1. The summed E-state index contributed by atoms with van der Waals surface area (Å²) in [6, 6.07) is 21.1. The third-order valence-corrected chi connectivity index (χ3v) is 7.04. The van der Waals surface area contributed by atoms with E-state index in [0.717, 1.165) is 68.3 Å². The first kappa shape index (κ1) is 24.4. The van der Waals surface area contributed by atoms with Crippen LogP contribution in [0, 0.1) is 11.7 Å². The highest BCUT2D eigenvalue weighted by Crippen LogP contribution is 2.30. The summed E-state index contributed by atoms with van der Waals surface area (Å²) >= 11 is 0. The minimum absolute atomic E-state index is 0.161. The first-order chi connectivity index (χ1) is 16.6. The second-order valence-corrected chi connectivity index (χ2v) is 9.47. The molecule has 2 fully saturated rings. The smallest absolute Gasteiger partial charge is 0.254 e. The van der Waals surface area contributed by atoms with Gasteiger partial charge in [0.25, 0.3) is 5.91 Å². The van der Waals surface area contributed by atoms with Gasteiger partial charge in [-0.05, 0) is 78.7 Å². The molecule has 0 unspecified atom stereocenters. The van der Waals surface area contributed by atoms with Crippen LogP contribution in [0.3, 0.4) is 0 Å². The summed E-state index contributed by atoms with van der Waals surface area (Å²) < 4.78 is 17.4. The van der Waals surface area contributed by atoms with Gasteiger partial charge in [0.15, 0.2) is 0 Å². The molecule has 1 atom stereocenters. The van der Waals surface area contributed by atoms with E-state index in [4.69, 9.17) is 0 Å². The van der Waals surface area contributed by atoms with Crippen LogP contribution in [0.1, 0.15) is 41.1 Å². The van der Waals surface area contributed by atoms with E-state index < -0.39 is 0 Å². The molecule has 0 radical (unpaired) electrons. The number of likely N-dealkylation sites (tertiary alicyclic amines) is 2. The second kappa shape index (κ2) is 11.6. The Morgan fingerprint density at radius 2 is 1.59 bits per heavy atom. The summed E-state index contributed by atoms with van der Waals surface area (Å²) in [5, 5.41) is 2.16. The van der Waals surface area contributed by atoms with E-state index in [-0.39, 0.29) is 11.7 Å². The lowest BCUT2D eigenvalue weighted by molar-refractivity contribution is 0.0784. The monoisotopic (exact) mass is 462 g/mol. The van der Waals surface area contributed by atoms with Gasteiger partial charge in [-0.25, -0.2) is 4.39 Å². The SMILES string of the molecule is COC.O=C(c1cccc2ccccc12)N1CC[C@H](CN2CCC(c3ccc(F)cc3)CC2)C1. The normalized spacial score (nSPS) is 19.1. The van der Waals surface area contributed by atoms with E-state index >= 15 is 0 Å². The van der Waals surface area contributed by atoms with Gasteiger partial charge in [-0.3, -0.25) is 4.79 Å². The molecule has 3 aromatic carbocycles. The Labute approximate surface area is 202 Å². The predicted octanol–water partition coefficient (Wildman–Crippen LogP) is 5.58. The fourth-order valence-electron chi connectivity index (χ4n) is 5.30. The average molecular weight is 463 g/mol. The van der Waals surface area contributed by atoms with Crippen molar-refractivity contribution >= 4 is 16.7 Å². The van der Waals surface area contributed by atoms with Crippen LogP contribution in [0.5, 0.6) is 0 Å². The van der Waals surface area contributed by atoms with Crippen molar-refractivity contribution in [1.82, 2.24) is 9.80 Å². The molecule has 0 aliphatic carbocycles. The molecule has 5 rings (SSSR count). The van der Waals surface area contributed by atoms with Gasteiger partial charge in [0.05, 0.1) is 0 Å². The molecule has 0 saturated carbocycles. The van der Waals surface area contributed by atoms with Crippen LogP contribution in [0.2, 0.25) is 0 Å². The minimum Gasteiger partial charge on any atom is -0.388 e. The lowest BCUT2D eigenvalue weighted by Gasteiger charge is -2.33. The number of rotatable bonds is 4. The number of amides is 1. The lowest BCUT2D eigenvalue weighted by atomic mass is 9.89. The van der Waals surface area contributed by atoms with Crippen molar-refractivity contribution in [2.75, 3.05) is 46.9 Å². The molecule has 34 heavy (non-hydrogen) atoms. The first-order valence-corrected chi connectivity index (χ1v) is 12.2. The molecule has 3 aromatic rings. The topological polar surface area (TPSA) is 32.8 Å². The zero-order valence-electron chi connectivity index (χ0n) is 20.3. The number of fused-ring (bicyclic) bond motifs is 1. The summed E-state index contributed by atoms with van der Waals surface area (Å²) in [5.74, 6) is 1.07. The van der Waals surface area contributed by atoms with Gasteiger partial charge in [0, 0.05) is 39.4 Å². The molecular weight excluding hydrogens is 427 g/mol. The number of methoxy groups -OCH3 is 1. The van der Waals surface area contributed by atoms with Gasteiger partial charge < -0.3 is 14.5 Å². The Kier molecular flexibility index (Phi) is 8.30. The van der Waals surface area contributed by atoms with Crippen molar-refractivity contribution in [2.24, 2.45) is 5.92 Å². The third kappa shape index (κ3) is 5.83. The van der Waals surface area contributed by atoms with Crippen molar-refractivity contribution in [1.29, 1.82) is 0 Å². The maximum atomic E-state index is 13.2. The molecular formula is C29H35FN2O2. The Morgan fingerprint density at radius 3 is 2.32 bits per heavy atom. The number of nitrogens with zero attached hydrogens (tertiary/aromatic N) is 2. The molecule has 2 saturated heterocycles. The van der Waals surface area contributed by atoms with Gasteiger partial charge in [0.2, 0.25) is 0 Å². The molecule has 2 heterocycles. The largest absolute Gasteiger partial charge is 0.388 e. The fourth-order valence-corrected chi connectivity index (χ4v) is 5.30. The summed E-state index contributed by atoms with van der Waals surface area (Å²) in [6.45, 7) is 4.92. The quantitative estimate of drug-likeness (QED) is 0.507. The zero-order valence-corrected chi connectivity index (χ0v) is 20.3. The predicted molar refractivity (Wildman–Crippen MR) is 136 cm³/mol. The van der Waals surface area contributed by atoms with Crippen molar-refractivity contribution < 1.29 is 13.9 Å². The van der Waals surface area contributed by atoms with Crippen LogP contribution in [-0.4, -0.2) is 62.7 Å². The van der Waals surface area contributed by atoms with Crippen LogP contribution < -0.4 is 0 Å². The van der Waals surface area contributed by atoms with E-state index in [1.807, 2.05) is 47.4 Å². The van der Waals surface area contributed by atoms with E-state index in [2.05, 4.69) is 21.8 Å². The number of hydrogen-bond donors (Lipinski definition) is 0. The Bertz CT molecular complexity index is 1070. The summed E-state index contributed by atoms with van der Waals surface area (Å²) in [5.41, 5.74) is 2.08. The van der Waals surface area contributed by atoms with Crippen molar-refractivity contribution in [3.8, 4) is 0 Å². The van der Waals surface area contributed by atoms with Gasteiger partial charge in [-0.15, -0.1) is 0 Å². The van der Waals surface area contributed by atoms with Crippen LogP contribution in [-0.2, 0) is 4.74 Å². The van der Waals surface area contributed by atoms with Gasteiger partial charge in [-0.2, -0.15) is 0 Å². The number of piperidine rings is 1. The maximum absolute atomic E-state index is 13.2. The van der Waals surface area contributed by atoms with E-state index in [0.29, 0.717) is 11.8 Å². The summed E-state index contributed by atoms with van der Waals surface area (Å²) in [4.78, 5) is 17.8. The molecule has 5 heteroatoms.